The van der Waals surface area contributed by atoms with E-state index in [0.717, 1.165) is 27.5 Å². The molecule has 5 nitrogen and oxygen atoms in total. The number of hydrogen-bond donors (Lipinski definition) is 1. The van der Waals surface area contributed by atoms with Gasteiger partial charge in [-0.25, -0.2) is 0 Å². The molecule has 1 aliphatic rings. The highest BCUT2D eigenvalue weighted by Crippen LogP contribution is 2.37. The largest absolute Gasteiger partial charge is 0.486 e. The molecular formula is C21H16N2O3S. The zero-order valence-electron chi connectivity index (χ0n) is 14.4. The van der Waals surface area contributed by atoms with E-state index in [0.29, 0.717) is 30.2 Å². The highest BCUT2D eigenvalue weighted by Gasteiger charge is 2.15. The fraction of sp³-hybridized carbons (Fsp3) is 0.143. The van der Waals surface area contributed by atoms with Crippen molar-refractivity contribution in [1.29, 1.82) is 5.26 Å². The van der Waals surface area contributed by atoms with Crippen LogP contribution in [0, 0.1) is 11.3 Å². The van der Waals surface area contributed by atoms with Gasteiger partial charge in [0, 0.05) is 10.6 Å². The molecule has 0 saturated carbocycles. The molecule has 2 heterocycles. The van der Waals surface area contributed by atoms with Gasteiger partial charge in [-0.1, -0.05) is 12.1 Å². The minimum atomic E-state index is -0.156. The third-order valence-electron chi connectivity index (χ3n) is 4.15. The molecule has 6 heteroatoms. The van der Waals surface area contributed by atoms with E-state index >= 15 is 0 Å². The average molecular weight is 376 g/mol. The van der Waals surface area contributed by atoms with Gasteiger partial charge in [0.25, 0.3) is 5.91 Å². The number of carbonyl (C=O) groups is 1. The topological polar surface area (TPSA) is 71.4 Å². The molecule has 0 aliphatic carbocycles. The number of amides is 1. The standard InChI is InChI=1S/C21H16N2O3S/c22-10-9-14-1-4-16(5-2-14)23-21(24)20-8-7-19(27-20)15-3-6-17-18(13-15)26-12-11-25-17/h1-8,13H,9,11-12H2,(H,23,24). The van der Waals surface area contributed by atoms with E-state index in [1.54, 1.807) is 12.1 Å². The quantitative estimate of drug-likeness (QED) is 0.727. The molecule has 0 spiro atoms. The van der Waals surface area contributed by atoms with Gasteiger partial charge < -0.3 is 14.8 Å². The Morgan fingerprint density at radius 3 is 2.59 bits per heavy atom. The molecule has 134 valence electrons. The number of hydrogen-bond acceptors (Lipinski definition) is 5. The van der Waals surface area contributed by atoms with Crippen molar-refractivity contribution in [1.82, 2.24) is 0 Å². The van der Waals surface area contributed by atoms with E-state index in [2.05, 4.69) is 11.4 Å². The molecule has 0 bridgehead atoms. The summed E-state index contributed by atoms with van der Waals surface area (Å²) in [6.45, 7) is 1.11. The molecule has 4 rings (SSSR count). The number of nitriles is 1. The van der Waals surface area contributed by atoms with Gasteiger partial charge in [-0.05, 0) is 53.6 Å². The lowest BCUT2D eigenvalue weighted by molar-refractivity contribution is 0.103. The van der Waals surface area contributed by atoms with Crippen LogP contribution in [0.3, 0.4) is 0 Å². The number of carbonyl (C=O) groups excluding carboxylic acids is 1. The predicted molar refractivity (Wildman–Crippen MR) is 104 cm³/mol. The Hall–Kier alpha value is -3.30. The highest BCUT2D eigenvalue weighted by molar-refractivity contribution is 7.17. The van der Waals surface area contributed by atoms with Crippen LogP contribution in [0.5, 0.6) is 11.5 Å². The number of nitrogens with one attached hydrogen (secondary N) is 1. The predicted octanol–water partition coefficient (Wildman–Crippen LogP) is 4.50. The maximum Gasteiger partial charge on any atom is 0.265 e. The molecule has 1 N–H and O–H groups in total. The molecule has 3 aromatic rings. The van der Waals surface area contributed by atoms with Gasteiger partial charge in [-0.15, -0.1) is 11.3 Å². The Bertz CT molecular complexity index is 1020. The molecule has 1 aliphatic heterocycles. The molecule has 27 heavy (non-hydrogen) atoms. The first-order valence-corrected chi connectivity index (χ1v) is 9.32. The molecule has 0 radical (unpaired) electrons. The van der Waals surface area contributed by atoms with Crippen LogP contribution < -0.4 is 14.8 Å². The summed E-state index contributed by atoms with van der Waals surface area (Å²) in [4.78, 5) is 14.1. The minimum absolute atomic E-state index is 0.156. The number of anilines is 1. The maximum atomic E-state index is 12.5. The molecule has 0 saturated heterocycles. The first-order valence-electron chi connectivity index (χ1n) is 8.50. The summed E-state index contributed by atoms with van der Waals surface area (Å²) in [5.41, 5.74) is 2.62. The Morgan fingerprint density at radius 2 is 1.81 bits per heavy atom. The highest BCUT2D eigenvalue weighted by atomic mass is 32.1. The summed E-state index contributed by atoms with van der Waals surface area (Å²) in [5.74, 6) is 1.33. The Balaban J connectivity index is 1.48. The van der Waals surface area contributed by atoms with Gasteiger partial charge in [-0.2, -0.15) is 5.26 Å². The maximum absolute atomic E-state index is 12.5. The lowest BCUT2D eigenvalue weighted by atomic mass is 10.1. The molecule has 1 aromatic heterocycles. The van der Waals surface area contributed by atoms with Crippen molar-refractivity contribution in [3.05, 3.63) is 65.0 Å². The number of thiophene rings is 1. The number of ether oxygens (including phenoxy) is 2. The second-order valence-electron chi connectivity index (χ2n) is 6.01. The van der Waals surface area contributed by atoms with Crippen molar-refractivity contribution in [2.24, 2.45) is 0 Å². The summed E-state index contributed by atoms with van der Waals surface area (Å²) in [6, 6.07) is 18.9. The minimum Gasteiger partial charge on any atom is -0.486 e. The van der Waals surface area contributed by atoms with E-state index in [4.69, 9.17) is 14.7 Å². The Labute approximate surface area is 160 Å². The van der Waals surface area contributed by atoms with Gasteiger partial charge in [0.1, 0.15) is 13.2 Å². The molecule has 0 unspecified atom stereocenters. The van der Waals surface area contributed by atoms with Crippen LogP contribution in [-0.2, 0) is 6.42 Å². The van der Waals surface area contributed by atoms with Gasteiger partial charge in [-0.3, -0.25) is 4.79 Å². The number of fused-ring (bicyclic) bond motifs is 1. The van der Waals surface area contributed by atoms with Crippen LogP contribution in [0.15, 0.2) is 54.6 Å². The Kier molecular flexibility index (Phi) is 4.77. The first kappa shape index (κ1) is 17.1. The third kappa shape index (κ3) is 3.78. The van der Waals surface area contributed by atoms with Crippen LogP contribution >= 0.6 is 11.3 Å². The zero-order valence-corrected chi connectivity index (χ0v) is 15.2. The summed E-state index contributed by atoms with van der Waals surface area (Å²) in [6.07, 6.45) is 0.359. The number of benzene rings is 2. The average Bonchev–Trinajstić information content (AvgIpc) is 3.20. The van der Waals surface area contributed by atoms with Crippen molar-refractivity contribution in [2.45, 2.75) is 6.42 Å². The zero-order chi connectivity index (χ0) is 18.6. The summed E-state index contributed by atoms with van der Waals surface area (Å²) < 4.78 is 11.2. The van der Waals surface area contributed by atoms with Gasteiger partial charge in [0.05, 0.1) is 17.4 Å². The van der Waals surface area contributed by atoms with Gasteiger partial charge in [0.15, 0.2) is 11.5 Å². The van der Waals surface area contributed by atoms with Crippen LogP contribution in [-0.4, -0.2) is 19.1 Å². The lowest BCUT2D eigenvalue weighted by Gasteiger charge is -2.18. The summed E-state index contributed by atoms with van der Waals surface area (Å²) >= 11 is 1.42. The summed E-state index contributed by atoms with van der Waals surface area (Å²) in [5, 5.41) is 11.6. The van der Waals surface area contributed by atoms with Crippen molar-refractivity contribution in [3.63, 3.8) is 0 Å². The van der Waals surface area contributed by atoms with Crippen molar-refractivity contribution < 1.29 is 14.3 Å². The normalized spacial score (nSPS) is 12.3. The molecule has 1 amide bonds. The first-order chi connectivity index (χ1) is 13.2. The van der Waals surface area contributed by atoms with Crippen LogP contribution in [0.25, 0.3) is 10.4 Å². The van der Waals surface area contributed by atoms with Crippen molar-refractivity contribution in [2.75, 3.05) is 18.5 Å². The molecule has 0 atom stereocenters. The number of nitrogens with zero attached hydrogens (tertiary/aromatic N) is 1. The second-order valence-corrected chi connectivity index (χ2v) is 7.09. The van der Waals surface area contributed by atoms with E-state index in [1.807, 2.05) is 42.5 Å². The van der Waals surface area contributed by atoms with Crippen LogP contribution in [0.2, 0.25) is 0 Å². The van der Waals surface area contributed by atoms with E-state index in [9.17, 15) is 4.79 Å². The van der Waals surface area contributed by atoms with Crippen molar-refractivity contribution >= 4 is 22.9 Å². The van der Waals surface area contributed by atoms with E-state index in [-0.39, 0.29) is 5.91 Å². The monoisotopic (exact) mass is 376 g/mol. The van der Waals surface area contributed by atoms with Crippen molar-refractivity contribution in [3.8, 4) is 28.0 Å². The van der Waals surface area contributed by atoms with Gasteiger partial charge >= 0.3 is 0 Å². The SMILES string of the molecule is N#CCc1ccc(NC(=O)c2ccc(-c3ccc4c(c3)OCCO4)s2)cc1. The lowest BCUT2D eigenvalue weighted by Crippen LogP contribution is -2.15. The Morgan fingerprint density at radius 1 is 1.04 bits per heavy atom. The molecular weight excluding hydrogens is 360 g/mol. The van der Waals surface area contributed by atoms with Crippen LogP contribution in [0.4, 0.5) is 5.69 Å². The third-order valence-corrected chi connectivity index (χ3v) is 5.28. The fourth-order valence-corrected chi connectivity index (χ4v) is 3.70. The van der Waals surface area contributed by atoms with Gasteiger partial charge in [0.2, 0.25) is 0 Å². The van der Waals surface area contributed by atoms with Crippen LogP contribution in [0.1, 0.15) is 15.2 Å². The fourth-order valence-electron chi connectivity index (χ4n) is 2.80. The molecule has 2 aromatic carbocycles. The number of rotatable bonds is 4. The second kappa shape index (κ2) is 7.52. The van der Waals surface area contributed by atoms with E-state index < -0.39 is 0 Å². The molecule has 0 fully saturated rings. The smallest absolute Gasteiger partial charge is 0.265 e. The van der Waals surface area contributed by atoms with E-state index in [1.165, 1.54) is 11.3 Å². The summed E-state index contributed by atoms with van der Waals surface area (Å²) in [7, 11) is 0.